The van der Waals surface area contributed by atoms with Gasteiger partial charge in [-0.3, -0.25) is 0 Å². The molecule has 1 heterocycles. The van der Waals surface area contributed by atoms with Crippen LogP contribution in [0, 0.1) is 17.1 Å². The van der Waals surface area contributed by atoms with Crippen LogP contribution in [0.2, 0.25) is 0 Å². The molecule has 6 heteroatoms. The van der Waals surface area contributed by atoms with E-state index in [-0.39, 0.29) is 5.75 Å². The molecular weight excluding hydrogens is 291 g/mol. The number of hydrogen-bond donors (Lipinski definition) is 1. The van der Waals surface area contributed by atoms with E-state index in [0.29, 0.717) is 21.9 Å². The van der Waals surface area contributed by atoms with Gasteiger partial charge in [0, 0.05) is 22.9 Å². The molecule has 1 N–H and O–H groups in total. The standard InChI is InChI=1S/C15H13FN2O2S/c1-20-15-5-3-11(8-18-15)13(19)9-21-14-6-10(7-17)2-4-12(14)16/h2-6,8,13,19H,9H2,1H3. The van der Waals surface area contributed by atoms with Crippen LogP contribution in [-0.4, -0.2) is 23.0 Å². The molecule has 1 atom stereocenters. The van der Waals surface area contributed by atoms with Crippen molar-refractivity contribution < 1.29 is 14.2 Å². The Bertz CT molecular complexity index is 656. The number of pyridine rings is 1. The fourth-order valence-corrected chi connectivity index (χ4v) is 2.60. The number of methoxy groups -OCH3 is 1. The van der Waals surface area contributed by atoms with Crippen molar-refractivity contribution >= 4 is 11.8 Å². The van der Waals surface area contributed by atoms with E-state index in [9.17, 15) is 9.50 Å². The molecule has 0 fully saturated rings. The molecule has 1 aromatic heterocycles. The minimum Gasteiger partial charge on any atom is -0.481 e. The summed E-state index contributed by atoms with van der Waals surface area (Å²) in [6, 6.07) is 9.46. The number of benzene rings is 1. The van der Waals surface area contributed by atoms with Gasteiger partial charge in [-0.25, -0.2) is 9.37 Å². The van der Waals surface area contributed by atoms with Crippen LogP contribution in [0.1, 0.15) is 17.2 Å². The second-order valence-corrected chi connectivity index (χ2v) is 5.28. The molecule has 0 bridgehead atoms. The third kappa shape index (κ3) is 3.94. The Morgan fingerprint density at radius 2 is 2.24 bits per heavy atom. The van der Waals surface area contributed by atoms with E-state index in [1.165, 1.54) is 31.5 Å². The van der Waals surface area contributed by atoms with Gasteiger partial charge in [-0.1, -0.05) is 0 Å². The molecular formula is C15H13FN2O2S. The molecule has 4 nitrogen and oxygen atoms in total. The lowest BCUT2D eigenvalue weighted by Crippen LogP contribution is -2.02. The molecule has 0 radical (unpaired) electrons. The van der Waals surface area contributed by atoms with Crippen molar-refractivity contribution in [3.63, 3.8) is 0 Å². The van der Waals surface area contributed by atoms with Crippen molar-refractivity contribution in [2.45, 2.75) is 11.0 Å². The monoisotopic (exact) mass is 304 g/mol. The van der Waals surface area contributed by atoms with Crippen LogP contribution in [0.3, 0.4) is 0 Å². The summed E-state index contributed by atoms with van der Waals surface area (Å²) >= 11 is 1.15. The average Bonchev–Trinajstić information content (AvgIpc) is 2.54. The Balaban J connectivity index is 2.03. The van der Waals surface area contributed by atoms with Gasteiger partial charge < -0.3 is 9.84 Å². The predicted molar refractivity (Wildman–Crippen MR) is 77.6 cm³/mol. The Morgan fingerprint density at radius 3 is 2.86 bits per heavy atom. The first-order valence-corrected chi connectivity index (χ1v) is 7.13. The third-order valence-corrected chi connectivity index (χ3v) is 3.92. The number of nitrogens with zero attached hydrogens (tertiary/aromatic N) is 2. The van der Waals surface area contributed by atoms with Crippen LogP contribution in [0.4, 0.5) is 4.39 Å². The number of ether oxygens (including phenoxy) is 1. The molecule has 0 saturated carbocycles. The van der Waals surface area contributed by atoms with E-state index in [0.717, 1.165) is 11.8 Å². The van der Waals surface area contributed by atoms with Gasteiger partial charge in [-0.15, -0.1) is 11.8 Å². The highest BCUT2D eigenvalue weighted by Gasteiger charge is 2.11. The Labute approximate surface area is 126 Å². The van der Waals surface area contributed by atoms with Crippen LogP contribution in [-0.2, 0) is 0 Å². The molecule has 0 saturated heterocycles. The van der Waals surface area contributed by atoms with E-state index in [1.807, 2.05) is 6.07 Å². The number of nitriles is 1. The molecule has 2 aromatic rings. The molecule has 0 aliphatic rings. The fourth-order valence-electron chi connectivity index (χ4n) is 1.66. The molecule has 1 aromatic carbocycles. The maximum atomic E-state index is 13.6. The minimum atomic E-state index is -0.779. The minimum absolute atomic E-state index is 0.264. The average molecular weight is 304 g/mol. The third-order valence-electron chi connectivity index (χ3n) is 2.81. The second-order valence-electron chi connectivity index (χ2n) is 4.22. The van der Waals surface area contributed by atoms with Crippen LogP contribution in [0.25, 0.3) is 0 Å². The maximum absolute atomic E-state index is 13.6. The summed E-state index contributed by atoms with van der Waals surface area (Å²) in [5.74, 6) is 0.324. The zero-order valence-corrected chi connectivity index (χ0v) is 12.1. The van der Waals surface area contributed by atoms with Crippen molar-refractivity contribution in [3.8, 4) is 11.9 Å². The van der Waals surface area contributed by atoms with Crippen molar-refractivity contribution in [3.05, 3.63) is 53.5 Å². The Morgan fingerprint density at radius 1 is 1.43 bits per heavy atom. The molecule has 0 aliphatic heterocycles. The van der Waals surface area contributed by atoms with Crippen LogP contribution in [0.5, 0.6) is 5.88 Å². The van der Waals surface area contributed by atoms with Crippen molar-refractivity contribution in [1.82, 2.24) is 4.98 Å². The number of aromatic nitrogens is 1. The summed E-state index contributed by atoms with van der Waals surface area (Å²) in [6.45, 7) is 0. The Kier molecular flexibility index (Phi) is 5.14. The van der Waals surface area contributed by atoms with E-state index in [4.69, 9.17) is 10.00 Å². The van der Waals surface area contributed by atoms with Gasteiger partial charge in [0.05, 0.1) is 24.8 Å². The van der Waals surface area contributed by atoms with E-state index >= 15 is 0 Å². The molecule has 0 aliphatic carbocycles. The van der Waals surface area contributed by atoms with Gasteiger partial charge in [-0.2, -0.15) is 5.26 Å². The summed E-state index contributed by atoms with van der Waals surface area (Å²) in [5, 5.41) is 18.9. The molecule has 21 heavy (non-hydrogen) atoms. The quantitative estimate of drug-likeness (QED) is 0.860. The smallest absolute Gasteiger partial charge is 0.212 e. The summed E-state index contributed by atoms with van der Waals surface area (Å²) < 4.78 is 18.6. The van der Waals surface area contributed by atoms with Crippen LogP contribution >= 0.6 is 11.8 Å². The van der Waals surface area contributed by atoms with Crippen molar-refractivity contribution in [2.75, 3.05) is 12.9 Å². The maximum Gasteiger partial charge on any atom is 0.212 e. The highest BCUT2D eigenvalue weighted by Crippen LogP contribution is 2.27. The van der Waals surface area contributed by atoms with Gasteiger partial charge >= 0.3 is 0 Å². The predicted octanol–water partition coefficient (Wildman–Crippen LogP) is 2.93. The fraction of sp³-hybridized carbons (Fsp3) is 0.200. The Hall–Kier alpha value is -2.10. The first kappa shape index (κ1) is 15.3. The SMILES string of the molecule is COc1ccc(C(O)CSc2cc(C#N)ccc2F)cn1. The lowest BCUT2D eigenvalue weighted by atomic mass is 10.2. The summed E-state index contributed by atoms with van der Waals surface area (Å²) in [4.78, 5) is 4.35. The molecule has 0 amide bonds. The summed E-state index contributed by atoms with van der Waals surface area (Å²) in [6.07, 6.45) is 0.741. The number of aliphatic hydroxyl groups is 1. The molecule has 0 spiro atoms. The number of thioether (sulfide) groups is 1. The molecule has 1 unspecified atom stereocenters. The van der Waals surface area contributed by atoms with Gasteiger partial charge in [0.1, 0.15) is 5.82 Å². The first-order valence-electron chi connectivity index (χ1n) is 6.14. The lowest BCUT2D eigenvalue weighted by Gasteiger charge is -2.11. The zero-order valence-electron chi connectivity index (χ0n) is 11.3. The van der Waals surface area contributed by atoms with Crippen molar-refractivity contribution in [2.24, 2.45) is 0 Å². The lowest BCUT2D eigenvalue weighted by molar-refractivity contribution is 0.203. The normalized spacial score (nSPS) is 11.7. The van der Waals surface area contributed by atoms with Gasteiger partial charge in [0.25, 0.3) is 0 Å². The number of hydrogen-bond acceptors (Lipinski definition) is 5. The van der Waals surface area contributed by atoms with Gasteiger partial charge in [0.15, 0.2) is 0 Å². The van der Waals surface area contributed by atoms with E-state index in [1.54, 1.807) is 12.1 Å². The molecule has 2 rings (SSSR count). The first-order chi connectivity index (χ1) is 10.1. The zero-order chi connectivity index (χ0) is 15.2. The van der Waals surface area contributed by atoms with E-state index < -0.39 is 11.9 Å². The van der Waals surface area contributed by atoms with Crippen LogP contribution < -0.4 is 4.74 Å². The largest absolute Gasteiger partial charge is 0.481 e. The van der Waals surface area contributed by atoms with Gasteiger partial charge in [-0.05, 0) is 29.8 Å². The highest BCUT2D eigenvalue weighted by molar-refractivity contribution is 7.99. The number of aliphatic hydroxyl groups excluding tert-OH is 1. The topological polar surface area (TPSA) is 66.1 Å². The molecule has 108 valence electrons. The van der Waals surface area contributed by atoms with Crippen LogP contribution in [0.15, 0.2) is 41.4 Å². The van der Waals surface area contributed by atoms with E-state index in [2.05, 4.69) is 4.98 Å². The summed E-state index contributed by atoms with van der Waals surface area (Å²) in [7, 11) is 1.51. The number of halogens is 1. The highest BCUT2D eigenvalue weighted by atomic mass is 32.2. The summed E-state index contributed by atoms with van der Waals surface area (Å²) in [5.41, 5.74) is 1.01. The van der Waals surface area contributed by atoms with Crippen molar-refractivity contribution in [1.29, 1.82) is 5.26 Å². The van der Waals surface area contributed by atoms with Gasteiger partial charge in [0.2, 0.25) is 5.88 Å². The second kappa shape index (κ2) is 7.07. The number of rotatable bonds is 5.